The Bertz CT molecular complexity index is 433. The van der Waals surface area contributed by atoms with E-state index in [0.29, 0.717) is 5.02 Å². The summed E-state index contributed by atoms with van der Waals surface area (Å²) >= 11 is 5.82. The molecule has 2 aliphatic rings. The van der Waals surface area contributed by atoms with Crippen molar-refractivity contribution >= 4 is 17.6 Å². The number of hydrogen-bond donors (Lipinski definition) is 2. The first-order chi connectivity index (χ1) is 7.67. The van der Waals surface area contributed by atoms with Gasteiger partial charge in [0.15, 0.2) is 0 Å². The lowest BCUT2D eigenvalue weighted by molar-refractivity contribution is -0.141. The number of benzene rings is 1. The highest BCUT2D eigenvalue weighted by atomic mass is 35.5. The third-order valence-corrected chi connectivity index (χ3v) is 4.20. The van der Waals surface area contributed by atoms with E-state index in [1.807, 2.05) is 12.1 Å². The van der Waals surface area contributed by atoms with Crippen molar-refractivity contribution in [3.8, 4) is 0 Å². The van der Waals surface area contributed by atoms with Gasteiger partial charge in [0.05, 0.1) is 0 Å². The topological polar surface area (TPSA) is 49.3 Å². The molecule has 2 unspecified atom stereocenters. The summed E-state index contributed by atoms with van der Waals surface area (Å²) in [5, 5.41) is 13.3. The minimum Gasteiger partial charge on any atom is -0.481 e. The van der Waals surface area contributed by atoms with Crippen LogP contribution in [-0.4, -0.2) is 24.2 Å². The molecule has 0 amide bonds. The number of carbonyl (C=O) groups is 1. The molecule has 1 saturated carbocycles. The van der Waals surface area contributed by atoms with Gasteiger partial charge in [-0.25, -0.2) is 0 Å². The van der Waals surface area contributed by atoms with Crippen molar-refractivity contribution < 1.29 is 9.90 Å². The van der Waals surface area contributed by atoms with Gasteiger partial charge in [-0.15, -0.1) is 0 Å². The minimum absolute atomic E-state index is 0.242. The molecular formula is C12H12ClNO2. The van der Waals surface area contributed by atoms with E-state index in [9.17, 15) is 9.90 Å². The van der Waals surface area contributed by atoms with Gasteiger partial charge in [-0.05, 0) is 42.6 Å². The van der Waals surface area contributed by atoms with Gasteiger partial charge in [-0.2, -0.15) is 0 Å². The van der Waals surface area contributed by atoms with E-state index in [1.165, 1.54) is 0 Å². The molecule has 2 atom stereocenters. The van der Waals surface area contributed by atoms with E-state index in [2.05, 4.69) is 5.32 Å². The number of carboxylic acids is 1. The molecule has 1 aromatic carbocycles. The Hall–Kier alpha value is -1.06. The Morgan fingerprint density at radius 3 is 2.38 bits per heavy atom. The Kier molecular flexibility index (Phi) is 2.03. The third kappa shape index (κ3) is 1.10. The quantitative estimate of drug-likeness (QED) is 0.820. The summed E-state index contributed by atoms with van der Waals surface area (Å²) in [7, 11) is 0. The van der Waals surface area contributed by atoms with Crippen molar-refractivity contribution in [3.63, 3.8) is 0 Å². The molecule has 3 nitrogen and oxygen atoms in total. The minimum atomic E-state index is -0.702. The van der Waals surface area contributed by atoms with Crippen LogP contribution in [-0.2, 0) is 10.2 Å². The van der Waals surface area contributed by atoms with Gasteiger partial charge in [-0.3, -0.25) is 4.79 Å². The van der Waals surface area contributed by atoms with Gasteiger partial charge in [0.2, 0.25) is 0 Å². The molecule has 1 aromatic rings. The van der Waals surface area contributed by atoms with E-state index >= 15 is 0 Å². The van der Waals surface area contributed by atoms with Crippen molar-refractivity contribution in [2.24, 2.45) is 11.8 Å². The summed E-state index contributed by atoms with van der Waals surface area (Å²) in [5.74, 6) is -0.219. The molecule has 0 radical (unpaired) electrons. The lowest BCUT2D eigenvalue weighted by atomic mass is 9.90. The van der Waals surface area contributed by atoms with Gasteiger partial charge >= 0.3 is 5.97 Å². The van der Waals surface area contributed by atoms with Crippen LogP contribution in [0.15, 0.2) is 24.3 Å². The number of halogens is 1. The van der Waals surface area contributed by atoms with Crippen molar-refractivity contribution in [3.05, 3.63) is 34.9 Å². The van der Waals surface area contributed by atoms with Crippen LogP contribution in [0.25, 0.3) is 0 Å². The van der Waals surface area contributed by atoms with Crippen LogP contribution >= 0.6 is 11.6 Å². The molecule has 1 saturated heterocycles. The summed E-state index contributed by atoms with van der Waals surface area (Å²) in [6, 6.07) is 7.22. The molecule has 1 aliphatic heterocycles. The molecule has 0 bridgehead atoms. The number of nitrogens with one attached hydrogen (secondary N) is 1. The van der Waals surface area contributed by atoms with Gasteiger partial charge in [-0.1, -0.05) is 23.7 Å². The largest absolute Gasteiger partial charge is 0.481 e. The number of piperidine rings is 1. The van der Waals surface area contributed by atoms with Crippen LogP contribution in [0.2, 0.25) is 5.02 Å². The zero-order valence-corrected chi connectivity index (χ0v) is 9.37. The van der Waals surface area contributed by atoms with Gasteiger partial charge < -0.3 is 10.4 Å². The highest BCUT2D eigenvalue weighted by Crippen LogP contribution is 2.61. The van der Waals surface area contributed by atoms with Crippen LogP contribution in [0.3, 0.4) is 0 Å². The Balaban J connectivity index is 2.03. The van der Waals surface area contributed by atoms with Crippen LogP contribution in [0, 0.1) is 11.8 Å². The van der Waals surface area contributed by atoms with Crippen molar-refractivity contribution in [2.75, 3.05) is 13.1 Å². The first-order valence-corrected chi connectivity index (χ1v) is 5.75. The Morgan fingerprint density at radius 2 is 1.88 bits per heavy atom. The summed E-state index contributed by atoms with van der Waals surface area (Å²) in [6.07, 6.45) is 0. The second-order valence-electron chi connectivity index (χ2n) is 4.55. The second kappa shape index (κ2) is 3.22. The first-order valence-electron chi connectivity index (χ1n) is 5.37. The molecule has 0 spiro atoms. The number of hydrogen-bond acceptors (Lipinski definition) is 2. The second-order valence-corrected chi connectivity index (χ2v) is 4.99. The average molecular weight is 238 g/mol. The fourth-order valence-corrected chi connectivity index (χ4v) is 3.26. The van der Waals surface area contributed by atoms with Crippen LogP contribution in [0.4, 0.5) is 0 Å². The molecule has 16 heavy (non-hydrogen) atoms. The average Bonchev–Trinajstić information content (AvgIpc) is 2.67. The van der Waals surface area contributed by atoms with Crippen molar-refractivity contribution in [2.45, 2.75) is 5.41 Å². The lowest BCUT2D eigenvalue weighted by Crippen LogP contribution is -2.32. The Morgan fingerprint density at radius 1 is 1.31 bits per heavy atom. The number of aliphatic carboxylic acids is 1. The van der Waals surface area contributed by atoms with E-state index < -0.39 is 11.4 Å². The molecule has 0 aromatic heterocycles. The highest BCUT2D eigenvalue weighted by Gasteiger charge is 2.72. The summed E-state index contributed by atoms with van der Waals surface area (Å²) < 4.78 is 0. The van der Waals surface area contributed by atoms with E-state index in [0.717, 1.165) is 18.7 Å². The SMILES string of the molecule is O=C(O)C1(c2ccc(Cl)cc2)C2CNCC21. The van der Waals surface area contributed by atoms with Crippen molar-refractivity contribution in [1.82, 2.24) is 5.32 Å². The van der Waals surface area contributed by atoms with Gasteiger partial charge in [0.1, 0.15) is 5.41 Å². The van der Waals surface area contributed by atoms with Crippen LogP contribution in [0.1, 0.15) is 5.56 Å². The smallest absolute Gasteiger partial charge is 0.314 e. The highest BCUT2D eigenvalue weighted by molar-refractivity contribution is 6.30. The predicted octanol–water partition coefficient (Wildman–Crippen LogP) is 1.51. The van der Waals surface area contributed by atoms with E-state index in [1.54, 1.807) is 12.1 Å². The molecule has 84 valence electrons. The van der Waals surface area contributed by atoms with Gasteiger partial charge in [0, 0.05) is 5.02 Å². The first kappa shape index (κ1) is 10.1. The van der Waals surface area contributed by atoms with E-state index in [-0.39, 0.29) is 11.8 Å². The molecule has 2 fully saturated rings. The van der Waals surface area contributed by atoms with Crippen LogP contribution in [0.5, 0.6) is 0 Å². The Labute approximate surface area is 98.4 Å². The maximum Gasteiger partial charge on any atom is 0.314 e. The fraction of sp³-hybridized carbons (Fsp3) is 0.417. The summed E-state index contributed by atoms with van der Waals surface area (Å²) in [4.78, 5) is 11.5. The number of rotatable bonds is 2. The lowest BCUT2D eigenvalue weighted by Gasteiger charge is -2.17. The monoisotopic (exact) mass is 237 g/mol. The zero-order valence-electron chi connectivity index (χ0n) is 8.61. The molecule has 3 rings (SSSR count). The molecule has 4 heteroatoms. The normalized spacial score (nSPS) is 35.8. The summed E-state index contributed by atoms with van der Waals surface area (Å²) in [5.41, 5.74) is 0.233. The molecule has 1 aliphatic carbocycles. The van der Waals surface area contributed by atoms with E-state index in [4.69, 9.17) is 11.6 Å². The third-order valence-electron chi connectivity index (χ3n) is 3.95. The van der Waals surface area contributed by atoms with Crippen LogP contribution < -0.4 is 5.32 Å². The summed E-state index contributed by atoms with van der Waals surface area (Å²) in [6.45, 7) is 1.61. The zero-order chi connectivity index (χ0) is 11.3. The predicted molar refractivity (Wildman–Crippen MR) is 60.6 cm³/mol. The maximum absolute atomic E-state index is 11.5. The van der Waals surface area contributed by atoms with Gasteiger partial charge in [0.25, 0.3) is 0 Å². The molecule has 2 N–H and O–H groups in total. The van der Waals surface area contributed by atoms with Crippen molar-refractivity contribution in [1.29, 1.82) is 0 Å². The molecule has 1 heterocycles. The number of fused-ring (bicyclic) bond motifs is 1. The maximum atomic E-state index is 11.5. The molecular weight excluding hydrogens is 226 g/mol. The fourth-order valence-electron chi connectivity index (χ4n) is 3.13. The standard InChI is InChI=1S/C12H12ClNO2/c13-8-3-1-7(2-4-8)12(11(15)16)9-5-14-6-10(9)12/h1-4,9-10,14H,5-6H2,(H,15,16). The number of carboxylic acid groups (broad SMARTS) is 1.